The van der Waals surface area contributed by atoms with Gasteiger partial charge in [-0.1, -0.05) is 31.8 Å². The number of nitrogens with zero attached hydrogens (tertiary/aromatic N) is 7. The largest absolute Gasteiger partial charge is 0.444 e. The van der Waals surface area contributed by atoms with Gasteiger partial charge >= 0.3 is 6.09 Å². The van der Waals surface area contributed by atoms with Crippen molar-refractivity contribution < 1.29 is 19.0 Å². The third-order valence-electron chi connectivity index (χ3n) is 9.18. The Labute approximate surface area is 308 Å². The van der Waals surface area contributed by atoms with Crippen LogP contribution in [-0.4, -0.2) is 102 Å². The molecule has 2 fully saturated rings. The number of alkyl carbamates (subject to hydrolysis) is 1. The van der Waals surface area contributed by atoms with Gasteiger partial charge in [-0.25, -0.2) is 14.8 Å². The number of hydrogen-bond acceptors (Lipinski definition) is 10. The van der Waals surface area contributed by atoms with E-state index in [-0.39, 0.29) is 12.1 Å². The number of ether oxygens (including phenoxy) is 3. The van der Waals surface area contributed by atoms with Gasteiger partial charge in [-0.05, 0) is 87.7 Å². The highest BCUT2D eigenvalue weighted by Gasteiger charge is 2.25. The Morgan fingerprint density at radius 3 is 2.60 bits per heavy atom. The number of likely N-dealkylation sites (tertiary alicyclic amines) is 1. The minimum Gasteiger partial charge on any atom is -0.444 e. The van der Waals surface area contributed by atoms with Crippen molar-refractivity contribution in [3.8, 4) is 11.3 Å². The van der Waals surface area contributed by atoms with E-state index in [0.29, 0.717) is 19.9 Å². The number of pyridine rings is 1. The van der Waals surface area contributed by atoms with Crippen molar-refractivity contribution in [2.75, 3.05) is 50.9 Å². The molecule has 0 radical (unpaired) electrons. The zero-order valence-electron chi connectivity index (χ0n) is 31.6. The van der Waals surface area contributed by atoms with Crippen molar-refractivity contribution in [1.29, 1.82) is 0 Å². The van der Waals surface area contributed by atoms with Crippen LogP contribution in [-0.2, 0) is 27.5 Å². The Balaban J connectivity index is 1.14. The molecule has 1 atom stereocenters. The maximum Gasteiger partial charge on any atom is 0.407 e. The van der Waals surface area contributed by atoms with Gasteiger partial charge in [0.05, 0.1) is 41.9 Å². The summed E-state index contributed by atoms with van der Waals surface area (Å²) in [7, 11) is -1.22. The monoisotopic (exact) mass is 726 g/mol. The van der Waals surface area contributed by atoms with E-state index in [0.717, 1.165) is 103 Å². The molecule has 1 aromatic carbocycles. The molecule has 2 aliphatic rings. The number of aromatic nitrogens is 4. The Morgan fingerprint density at radius 1 is 1.06 bits per heavy atom. The Kier molecular flexibility index (Phi) is 12.0. The summed E-state index contributed by atoms with van der Waals surface area (Å²) in [6, 6.07) is 15.7. The second kappa shape index (κ2) is 16.7. The molecule has 6 rings (SSSR count). The van der Waals surface area contributed by atoms with E-state index >= 15 is 0 Å². The first-order valence-corrected chi connectivity index (χ1v) is 22.2. The molecule has 2 saturated heterocycles. The molecule has 0 saturated carbocycles. The summed E-state index contributed by atoms with van der Waals surface area (Å²) in [5, 5.41) is 4.06. The van der Waals surface area contributed by atoms with Crippen LogP contribution in [0.15, 0.2) is 60.0 Å². The number of piperidine rings is 1. The number of fused-ring (bicyclic) bond motifs is 1. The molecular weight excluding hydrogens is 673 g/mol. The standard InChI is InChI=1S/C39H54N8O4Si/c1-39(2,3)51-38(48)44-32-8-7-15-45(26-32)25-29-13-14-40-33(22-29)24-41-31-11-9-30(10-12-31)35-23-34-36(46-16-18-49-19-17-46)42-27-43-37(34)47(35)28-50-20-21-52(4,5)6/h9-14,22-24,27,32H,7-8,15-21,25-26,28H2,1-6H3,(H,44,48)/t32-/m1/s1. The summed E-state index contributed by atoms with van der Waals surface area (Å²) in [5.41, 5.74) is 5.24. The number of amides is 1. The summed E-state index contributed by atoms with van der Waals surface area (Å²) >= 11 is 0. The van der Waals surface area contributed by atoms with Crippen molar-refractivity contribution in [1.82, 2.24) is 29.7 Å². The Hall–Kier alpha value is -4.17. The first-order valence-electron chi connectivity index (χ1n) is 18.5. The lowest BCUT2D eigenvalue weighted by Gasteiger charge is -2.33. The van der Waals surface area contributed by atoms with E-state index in [4.69, 9.17) is 29.2 Å². The van der Waals surface area contributed by atoms with Crippen LogP contribution in [0.2, 0.25) is 25.7 Å². The second-order valence-corrected chi connectivity index (χ2v) is 21.6. The maximum atomic E-state index is 12.3. The molecule has 2 aliphatic heterocycles. The molecule has 12 nitrogen and oxygen atoms in total. The van der Waals surface area contributed by atoms with Gasteiger partial charge in [0, 0.05) is 53.1 Å². The van der Waals surface area contributed by atoms with Crippen molar-refractivity contribution in [3.05, 3.63) is 66.2 Å². The van der Waals surface area contributed by atoms with Gasteiger partial charge in [0.2, 0.25) is 0 Å². The predicted octanol–water partition coefficient (Wildman–Crippen LogP) is 6.88. The fourth-order valence-electron chi connectivity index (χ4n) is 6.55. The number of benzene rings is 1. The molecular formula is C39H54N8O4Si. The van der Waals surface area contributed by atoms with E-state index in [9.17, 15) is 4.79 Å². The molecule has 13 heteroatoms. The van der Waals surface area contributed by atoms with Gasteiger partial charge in [0.15, 0.2) is 0 Å². The minimum atomic E-state index is -1.22. The fraction of sp³-hybridized carbons (Fsp3) is 0.513. The first-order chi connectivity index (χ1) is 24.9. The number of hydrogen-bond donors (Lipinski definition) is 1. The lowest BCUT2D eigenvalue weighted by molar-refractivity contribution is 0.0470. The summed E-state index contributed by atoms with van der Waals surface area (Å²) in [6.07, 6.45) is 6.91. The molecule has 52 heavy (non-hydrogen) atoms. The number of carbonyl (C=O) groups excluding carboxylic acids is 1. The summed E-state index contributed by atoms with van der Waals surface area (Å²) < 4.78 is 19.5. The van der Waals surface area contributed by atoms with Gasteiger partial charge in [-0.2, -0.15) is 0 Å². The normalized spacial score (nSPS) is 17.6. The molecule has 0 aliphatic carbocycles. The predicted molar refractivity (Wildman–Crippen MR) is 209 cm³/mol. The molecule has 1 amide bonds. The van der Waals surface area contributed by atoms with Crippen molar-refractivity contribution in [3.63, 3.8) is 0 Å². The molecule has 4 aromatic rings. The summed E-state index contributed by atoms with van der Waals surface area (Å²) in [5.74, 6) is 0.934. The number of nitrogens with one attached hydrogen (secondary N) is 1. The van der Waals surface area contributed by atoms with Gasteiger partial charge in [0.1, 0.15) is 30.1 Å². The van der Waals surface area contributed by atoms with Crippen molar-refractivity contribution in [2.45, 2.75) is 84.2 Å². The maximum absolute atomic E-state index is 12.3. The van der Waals surface area contributed by atoms with Crippen LogP contribution < -0.4 is 10.2 Å². The van der Waals surface area contributed by atoms with E-state index in [1.807, 2.05) is 51.4 Å². The number of morpholine rings is 1. The second-order valence-electron chi connectivity index (χ2n) is 16.0. The third-order valence-corrected chi connectivity index (χ3v) is 10.9. The zero-order valence-corrected chi connectivity index (χ0v) is 32.6. The van der Waals surface area contributed by atoms with Gasteiger partial charge < -0.3 is 29.0 Å². The minimum absolute atomic E-state index is 0.0675. The average molecular weight is 727 g/mol. The van der Waals surface area contributed by atoms with E-state index in [2.05, 4.69) is 68.6 Å². The highest BCUT2D eigenvalue weighted by atomic mass is 28.3. The van der Waals surface area contributed by atoms with Crippen molar-refractivity contribution in [2.24, 2.45) is 4.99 Å². The van der Waals surface area contributed by atoms with Crippen molar-refractivity contribution >= 4 is 42.9 Å². The SMILES string of the molecule is CC(C)(C)OC(=O)N[C@@H]1CCCN(Cc2ccnc(C=Nc3ccc(-c4cc5c(N6CCOCC6)ncnc5n4COCC[Si](C)(C)C)cc3)c2)C1. The van der Waals surface area contributed by atoms with Crippen LogP contribution in [0, 0.1) is 0 Å². The molecule has 0 unspecified atom stereocenters. The number of rotatable bonds is 12. The lowest BCUT2D eigenvalue weighted by Crippen LogP contribution is -2.48. The van der Waals surface area contributed by atoms with Gasteiger partial charge in [-0.3, -0.25) is 14.9 Å². The zero-order chi connectivity index (χ0) is 36.7. The van der Waals surface area contributed by atoms with Crippen LogP contribution in [0.25, 0.3) is 22.3 Å². The Bertz CT molecular complexity index is 1830. The molecule has 0 bridgehead atoms. The third kappa shape index (κ3) is 10.5. The van der Waals surface area contributed by atoms with Crippen LogP contribution in [0.1, 0.15) is 44.9 Å². The highest BCUT2D eigenvalue weighted by molar-refractivity contribution is 6.76. The van der Waals surface area contributed by atoms with E-state index in [1.54, 1.807) is 6.33 Å². The van der Waals surface area contributed by atoms with E-state index < -0.39 is 13.7 Å². The number of anilines is 1. The topological polar surface area (TPSA) is 119 Å². The Morgan fingerprint density at radius 2 is 1.85 bits per heavy atom. The molecule has 3 aromatic heterocycles. The molecule has 5 heterocycles. The van der Waals surface area contributed by atoms with Crippen LogP contribution in [0.3, 0.4) is 0 Å². The average Bonchev–Trinajstić information content (AvgIpc) is 3.47. The summed E-state index contributed by atoms with van der Waals surface area (Å²) in [4.78, 5) is 35.7. The molecule has 278 valence electrons. The van der Waals surface area contributed by atoms with Gasteiger partial charge in [0.25, 0.3) is 0 Å². The highest BCUT2D eigenvalue weighted by Crippen LogP contribution is 2.33. The van der Waals surface area contributed by atoms with Crippen LogP contribution >= 0.6 is 0 Å². The smallest absolute Gasteiger partial charge is 0.407 e. The molecule has 0 spiro atoms. The molecule has 1 N–H and O–H groups in total. The number of aliphatic imine (C=N–C) groups is 1. The van der Waals surface area contributed by atoms with E-state index in [1.165, 1.54) is 0 Å². The quantitative estimate of drug-likeness (QED) is 0.0947. The van der Waals surface area contributed by atoms with Crippen LogP contribution in [0.5, 0.6) is 0 Å². The summed E-state index contributed by atoms with van der Waals surface area (Å²) in [6.45, 7) is 19.4. The first kappa shape index (κ1) is 37.6. The lowest BCUT2D eigenvalue weighted by atomic mass is 10.0. The van der Waals surface area contributed by atoms with Crippen LogP contribution in [0.4, 0.5) is 16.3 Å². The fourth-order valence-corrected chi connectivity index (χ4v) is 7.31. The number of carbonyl (C=O) groups is 1. The van der Waals surface area contributed by atoms with Gasteiger partial charge in [-0.15, -0.1) is 0 Å².